The minimum Gasteiger partial charge on any atom is -0.508 e. The van der Waals surface area contributed by atoms with Crippen LogP contribution in [-0.2, 0) is 4.74 Å². The molecule has 0 spiro atoms. The zero-order valence-corrected chi connectivity index (χ0v) is 10.7. The Morgan fingerprint density at radius 3 is 2.37 bits per heavy atom. The molecule has 0 unspecified atom stereocenters. The molecular formula is C13H18N2O4. The van der Waals surface area contributed by atoms with Crippen LogP contribution in [0.1, 0.15) is 0 Å². The first-order valence-electron chi connectivity index (χ1n) is 6.27. The maximum atomic E-state index is 11.6. The number of aliphatic hydroxyl groups is 1. The number of anilines is 1. The van der Waals surface area contributed by atoms with Crippen molar-refractivity contribution in [2.75, 3.05) is 44.3 Å². The lowest BCUT2D eigenvalue weighted by molar-refractivity contribution is 0.0826. The van der Waals surface area contributed by atoms with Crippen molar-refractivity contribution in [3.05, 3.63) is 24.3 Å². The lowest BCUT2D eigenvalue weighted by Gasteiger charge is -2.35. The summed E-state index contributed by atoms with van der Waals surface area (Å²) in [5.74, 6) is 0.245. The van der Waals surface area contributed by atoms with E-state index in [-0.39, 0.29) is 25.1 Å². The van der Waals surface area contributed by atoms with Crippen molar-refractivity contribution in [1.82, 2.24) is 4.90 Å². The summed E-state index contributed by atoms with van der Waals surface area (Å²) in [6.45, 7) is 2.50. The molecule has 6 nitrogen and oxygen atoms in total. The molecule has 0 radical (unpaired) electrons. The Morgan fingerprint density at radius 2 is 1.79 bits per heavy atom. The summed E-state index contributed by atoms with van der Waals surface area (Å²) < 4.78 is 4.87. The van der Waals surface area contributed by atoms with Gasteiger partial charge in [-0.15, -0.1) is 0 Å². The fourth-order valence-corrected chi connectivity index (χ4v) is 2.03. The average Bonchev–Trinajstić information content (AvgIpc) is 2.46. The predicted octanol–water partition coefficient (Wildman–Crippen LogP) is 0.643. The third-order valence-electron chi connectivity index (χ3n) is 3.07. The minimum atomic E-state index is -0.376. The van der Waals surface area contributed by atoms with E-state index in [1.54, 1.807) is 17.0 Å². The van der Waals surface area contributed by atoms with Gasteiger partial charge in [0.2, 0.25) is 0 Å². The highest BCUT2D eigenvalue weighted by atomic mass is 16.6. The van der Waals surface area contributed by atoms with Crippen molar-refractivity contribution in [3.8, 4) is 5.75 Å². The van der Waals surface area contributed by atoms with Crippen LogP contribution in [0.25, 0.3) is 0 Å². The Morgan fingerprint density at radius 1 is 1.16 bits per heavy atom. The summed E-state index contributed by atoms with van der Waals surface area (Å²) in [4.78, 5) is 15.4. The predicted molar refractivity (Wildman–Crippen MR) is 70.3 cm³/mol. The summed E-state index contributed by atoms with van der Waals surface area (Å²) >= 11 is 0. The molecule has 6 heteroatoms. The molecule has 1 amide bonds. The van der Waals surface area contributed by atoms with E-state index in [2.05, 4.69) is 4.90 Å². The van der Waals surface area contributed by atoms with Gasteiger partial charge in [-0.3, -0.25) is 0 Å². The van der Waals surface area contributed by atoms with Gasteiger partial charge in [-0.05, 0) is 24.3 Å². The first-order chi connectivity index (χ1) is 9.20. The molecule has 0 aliphatic carbocycles. The highest BCUT2D eigenvalue weighted by Crippen LogP contribution is 2.19. The smallest absolute Gasteiger partial charge is 0.409 e. The van der Waals surface area contributed by atoms with Crippen LogP contribution in [0.3, 0.4) is 0 Å². The van der Waals surface area contributed by atoms with Crippen LogP contribution in [0, 0.1) is 0 Å². The second-order valence-corrected chi connectivity index (χ2v) is 4.33. The van der Waals surface area contributed by atoms with Crippen LogP contribution in [0.2, 0.25) is 0 Å². The quantitative estimate of drug-likeness (QED) is 0.840. The number of benzene rings is 1. The summed E-state index contributed by atoms with van der Waals surface area (Å²) in [5, 5.41) is 17.8. The molecule has 104 valence electrons. The van der Waals surface area contributed by atoms with Gasteiger partial charge in [0.05, 0.1) is 6.61 Å². The number of phenolic OH excluding ortho intramolecular Hbond substituents is 1. The maximum absolute atomic E-state index is 11.6. The van der Waals surface area contributed by atoms with Crippen molar-refractivity contribution in [1.29, 1.82) is 0 Å². The van der Waals surface area contributed by atoms with Gasteiger partial charge in [0.25, 0.3) is 0 Å². The number of ether oxygens (including phenoxy) is 1. The highest BCUT2D eigenvalue weighted by molar-refractivity contribution is 5.68. The Labute approximate surface area is 111 Å². The monoisotopic (exact) mass is 266 g/mol. The number of phenols is 1. The molecule has 0 bridgehead atoms. The van der Waals surface area contributed by atoms with E-state index in [0.29, 0.717) is 13.1 Å². The van der Waals surface area contributed by atoms with Gasteiger partial charge in [0.15, 0.2) is 0 Å². The van der Waals surface area contributed by atoms with Crippen LogP contribution in [0.4, 0.5) is 10.5 Å². The normalized spacial score (nSPS) is 15.4. The van der Waals surface area contributed by atoms with Crippen LogP contribution in [0.5, 0.6) is 5.75 Å². The molecule has 0 atom stereocenters. The molecule has 0 saturated carbocycles. The maximum Gasteiger partial charge on any atom is 0.409 e. The zero-order chi connectivity index (χ0) is 13.7. The second kappa shape index (κ2) is 6.29. The van der Waals surface area contributed by atoms with Gasteiger partial charge in [0.1, 0.15) is 12.4 Å². The molecule has 1 fully saturated rings. The number of hydrogen-bond acceptors (Lipinski definition) is 5. The fourth-order valence-electron chi connectivity index (χ4n) is 2.03. The van der Waals surface area contributed by atoms with E-state index in [4.69, 9.17) is 9.84 Å². The van der Waals surface area contributed by atoms with Crippen molar-refractivity contribution < 1.29 is 19.7 Å². The summed E-state index contributed by atoms with van der Waals surface area (Å²) in [5.41, 5.74) is 1.03. The van der Waals surface area contributed by atoms with Crippen LogP contribution in [0.15, 0.2) is 24.3 Å². The number of carbonyl (C=O) groups excluding carboxylic acids is 1. The molecule has 2 rings (SSSR count). The minimum absolute atomic E-state index is 0.0387. The van der Waals surface area contributed by atoms with E-state index in [1.807, 2.05) is 12.1 Å². The molecule has 1 aromatic rings. The van der Waals surface area contributed by atoms with E-state index >= 15 is 0 Å². The first-order valence-corrected chi connectivity index (χ1v) is 6.27. The Bertz CT molecular complexity index is 413. The van der Waals surface area contributed by atoms with Crippen LogP contribution >= 0.6 is 0 Å². The largest absolute Gasteiger partial charge is 0.508 e. The third kappa shape index (κ3) is 3.51. The molecule has 1 aliphatic rings. The first kappa shape index (κ1) is 13.5. The van der Waals surface area contributed by atoms with Crippen molar-refractivity contribution >= 4 is 11.8 Å². The van der Waals surface area contributed by atoms with E-state index in [1.165, 1.54) is 0 Å². The molecule has 2 N–H and O–H groups in total. The topological polar surface area (TPSA) is 73.2 Å². The molecule has 1 saturated heterocycles. The van der Waals surface area contributed by atoms with E-state index < -0.39 is 0 Å². The van der Waals surface area contributed by atoms with Gasteiger partial charge < -0.3 is 24.7 Å². The Kier molecular flexibility index (Phi) is 4.46. The van der Waals surface area contributed by atoms with E-state index in [0.717, 1.165) is 18.8 Å². The van der Waals surface area contributed by atoms with Crippen LogP contribution < -0.4 is 4.90 Å². The number of hydrogen-bond donors (Lipinski definition) is 2. The zero-order valence-electron chi connectivity index (χ0n) is 10.7. The highest BCUT2D eigenvalue weighted by Gasteiger charge is 2.22. The second-order valence-electron chi connectivity index (χ2n) is 4.33. The van der Waals surface area contributed by atoms with E-state index in [9.17, 15) is 9.90 Å². The number of nitrogens with zero attached hydrogens (tertiary/aromatic N) is 2. The summed E-state index contributed by atoms with van der Waals surface area (Å²) in [6, 6.07) is 7.01. The SMILES string of the molecule is O=C(OCCO)N1CCN(c2ccc(O)cc2)CC1. The van der Waals surface area contributed by atoms with Crippen molar-refractivity contribution in [3.63, 3.8) is 0 Å². The molecule has 1 aliphatic heterocycles. The molecule has 1 aromatic carbocycles. The van der Waals surface area contributed by atoms with Gasteiger partial charge in [-0.25, -0.2) is 4.79 Å². The standard InChI is InChI=1S/C13H18N2O4/c16-9-10-19-13(18)15-7-5-14(6-8-15)11-1-3-12(17)4-2-11/h1-4,16-17H,5-10H2. The number of piperazine rings is 1. The third-order valence-corrected chi connectivity index (χ3v) is 3.07. The van der Waals surface area contributed by atoms with Gasteiger partial charge >= 0.3 is 6.09 Å². The Balaban J connectivity index is 1.85. The number of aliphatic hydroxyl groups excluding tert-OH is 1. The van der Waals surface area contributed by atoms with Crippen molar-refractivity contribution in [2.24, 2.45) is 0 Å². The summed E-state index contributed by atoms with van der Waals surface area (Å²) in [6.07, 6.45) is -0.376. The lowest BCUT2D eigenvalue weighted by Crippen LogP contribution is -2.49. The lowest BCUT2D eigenvalue weighted by atomic mass is 10.2. The molecule has 1 heterocycles. The number of rotatable bonds is 3. The molecule has 19 heavy (non-hydrogen) atoms. The molecule has 0 aromatic heterocycles. The number of amides is 1. The van der Waals surface area contributed by atoms with Gasteiger partial charge in [-0.1, -0.05) is 0 Å². The average molecular weight is 266 g/mol. The number of aromatic hydroxyl groups is 1. The van der Waals surface area contributed by atoms with Gasteiger partial charge in [0, 0.05) is 31.9 Å². The fraction of sp³-hybridized carbons (Fsp3) is 0.462. The Hall–Kier alpha value is -1.95. The number of carbonyl (C=O) groups is 1. The van der Waals surface area contributed by atoms with Crippen LogP contribution in [-0.4, -0.2) is 60.6 Å². The summed E-state index contributed by atoms with van der Waals surface area (Å²) in [7, 11) is 0. The van der Waals surface area contributed by atoms with Gasteiger partial charge in [-0.2, -0.15) is 0 Å². The van der Waals surface area contributed by atoms with Crippen molar-refractivity contribution in [2.45, 2.75) is 0 Å². The molecular weight excluding hydrogens is 248 g/mol.